The van der Waals surface area contributed by atoms with Crippen LogP contribution in [0.5, 0.6) is 0 Å². The van der Waals surface area contributed by atoms with E-state index in [1.807, 2.05) is 24.3 Å². The van der Waals surface area contributed by atoms with Crippen LogP contribution < -0.4 is 16.8 Å². The monoisotopic (exact) mass is 565 g/mol. The lowest BCUT2D eigenvalue weighted by Gasteiger charge is -2.29. The van der Waals surface area contributed by atoms with Crippen LogP contribution in [0.4, 0.5) is 19.0 Å². The van der Waals surface area contributed by atoms with E-state index in [1.54, 1.807) is 0 Å². The number of rotatable bonds is 7. The molecule has 0 unspecified atom stereocenters. The molecule has 1 heterocycles. The molecule has 4 aromatic rings. The van der Waals surface area contributed by atoms with Gasteiger partial charge in [-0.3, -0.25) is 14.7 Å². The van der Waals surface area contributed by atoms with Crippen molar-refractivity contribution in [3.05, 3.63) is 83.9 Å². The molecule has 41 heavy (non-hydrogen) atoms. The Balaban J connectivity index is 0.000000585. The molecule has 3 aromatic carbocycles. The summed E-state index contributed by atoms with van der Waals surface area (Å²) in [6.45, 7) is 0.717. The lowest BCUT2D eigenvalue weighted by molar-refractivity contribution is -0.156. The van der Waals surface area contributed by atoms with E-state index in [2.05, 4.69) is 64.0 Å². The SMILES string of the molecule is NCC1CCC(C(=O)N[C@@H](Cc2ccccc2)c2cccc(-c3ccc4c(N)n[nH]c4c3)c2)CC1.O=CC(F)(F)F. The topological polar surface area (TPSA) is 127 Å². The Labute approximate surface area is 236 Å². The highest BCUT2D eigenvalue weighted by atomic mass is 19.4. The number of nitrogen functional groups attached to an aromatic ring is 1. The van der Waals surface area contributed by atoms with Crippen LogP contribution in [0, 0.1) is 11.8 Å². The molecule has 0 radical (unpaired) electrons. The number of benzene rings is 3. The molecule has 1 atom stereocenters. The molecular formula is C31H34F3N5O2. The predicted molar refractivity (Wildman–Crippen MR) is 154 cm³/mol. The zero-order valence-electron chi connectivity index (χ0n) is 22.5. The molecule has 1 fully saturated rings. The van der Waals surface area contributed by atoms with Crippen LogP contribution in [0.1, 0.15) is 42.9 Å². The molecule has 10 heteroatoms. The summed E-state index contributed by atoms with van der Waals surface area (Å²) in [4.78, 5) is 22.0. The standard InChI is InChI=1S/C29H33N5O.C2HF3O/c30-18-20-9-11-21(12-10-20)29(35)32-26(15-19-5-2-1-3-6-19)24-8-4-7-22(16-24)23-13-14-25-27(17-23)33-34-28(25)31;3-2(4,5)1-6/h1-8,13-14,16-17,20-21,26H,9-12,15,18,30H2,(H,32,35)(H3,31,33,34);1H/t20?,21?,26-;/m0./s1. The Bertz CT molecular complexity index is 1450. The number of amides is 1. The molecule has 1 saturated carbocycles. The third-order valence-electron chi connectivity index (χ3n) is 7.50. The minimum absolute atomic E-state index is 0.0625. The molecule has 0 aliphatic heterocycles. The van der Waals surface area contributed by atoms with Crippen LogP contribution in [0.2, 0.25) is 0 Å². The van der Waals surface area contributed by atoms with Crippen molar-refractivity contribution < 1.29 is 22.8 Å². The number of nitrogens with two attached hydrogens (primary N) is 2. The maximum absolute atomic E-state index is 13.3. The highest BCUT2D eigenvalue weighted by molar-refractivity contribution is 5.91. The van der Waals surface area contributed by atoms with Gasteiger partial charge < -0.3 is 16.8 Å². The van der Waals surface area contributed by atoms with Crippen LogP contribution in [-0.2, 0) is 16.0 Å². The number of H-pyrrole nitrogens is 1. The summed E-state index contributed by atoms with van der Waals surface area (Å²) >= 11 is 0. The first-order chi connectivity index (χ1) is 19.7. The van der Waals surface area contributed by atoms with Crippen molar-refractivity contribution in [3.63, 3.8) is 0 Å². The Morgan fingerprint density at radius 2 is 1.68 bits per heavy atom. The number of carbonyl (C=O) groups excluding carboxylic acids is 2. The third kappa shape index (κ3) is 8.17. The van der Waals surface area contributed by atoms with Crippen molar-refractivity contribution in [1.82, 2.24) is 15.5 Å². The average molecular weight is 566 g/mol. The molecular weight excluding hydrogens is 531 g/mol. The molecule has 0 bridgehead atoms. The van der Waals surface area contributed by atoms with E-state index in [0.717, 1.165) is 59.7 Å². The summed E-state index contributed by atoms with van der Waals surface area (Å²) in [6, 6.07) is 24.8. The smallest absolute Gasteiger partial charge is 0.382 e. The number of fused-ring (bicyclic) bond motifs is 1. The van der Waals surface area contributed by atoms with E-state index >= 15 is 0 Å². The first-order valence-corrected chi connectivity index (χ1v) is 13.6. The van der Waals surface area contributed by atoms with Crippen molar-refractivity contribution >= 4 is 28.9 Å². The zero-order valence-corrected chi connectivity index (χ0v) is 22.5. The average Bonchev–Trinajstić information content (AvgIpc) is 3.37. The van der Waals surface area contributed by atoms with Gasteiger partial charge in [0, 0.05) is 11.3 Å². The van der Waals surface area contributed by atoms with Gasteiger partial charge in [-0.25, -0.2) is 0 Å². The van der Waals surface area contributed by atoms with Gasteiger partial charge in [-0.05, 0) is 85.0 Å². The number of hydrogen-bond acceptors (Lipinski definition) is 5. The predicted octanol–water partition coefficient (Wildman–Crippen LogP) is 5.72. The Morgan fingerprint density at radius 3 is 2.34 bits per heavy atom. The van der Waals surface area contributed by atoms with E-state index in [9.17, 15) is 18.0 Å². The molecule has 216 valence electrons. The summed E-state index contributed by atoms with van der Waals surface area (Å²) < 4.78 is 31.2. The second kappa shape index (κ2) is 13.5. The number of halogens is 3. The number of hydrogen-bond donors (Lipinski definition) is 4. The molecule has 0 spiro atoms. The van der Waals surface area contributed by atoms with Gasteiger partial charge in [0.25, 0.3) is 0 Å². The Hall–Kier alpha value is -4.18. The Morgan fingerprint density at radius 1 is 1.00 bits per heavy atom. The van der Waals surface area contributed by atoms with Crippen LogP contribution >= 0.6 is 0 Å². The quantitative estimate of drug-likeness (QED) is 0.213. The lowest BCUT2D eigenvalue weighted by Crippen LogP contribution is -2.37. The van der Waals surface area contributed by atoms with Gasteiger partial charge in [0.15, 0.2) is 5.82 Å². The van der Waals surface area contributed by atoms with Gasteiger partial charge in [-0.15, -0.1) is 0 Å². The first kappa shape index (κ1) is 29.8. The van der Waals surface area contributed by atoms with Crippen LogP contribution in [0.3, 0.4) is 0 Å². The summed E-state index contributed by atoms with van der Waals surface area (Å²) in [5.74, 6) is 1.28. The third-order valence-corrected chi connectivity index (χ3v) is 7.50. The van der Waals surface area contributed by atoms with E-state index in [4.69, 9.17) is 16.3 Å². The summed E-state index contributed by atoms with van der Waals surface area (Å²) in [5, 5.41) is 11.4. The van der Waals surface area contributed by atoms with Crippen molar-refractivity contribution in [2.45, 2.75) is 44.3 Å². The second-order valence-corrected chi connectivity index (χ2v) is 10.4. The van der Waals surface area contributed by atoms with Crippen molar-refractivity contribution in [2.75, 3.05) is 12.3 Å². The van der Waals surface area contributed by atoms with Crippen molar-refractivity contribution in [2.24, 2.45) is 17.6 Å². The molecule has 1 aliphatic rings. The molecule has 1 amide bonds. The molecule has 6 N–H and O–H groups in total. The molecule has 5 rings (SSSR count). The number of aromatic nitrogens is 2. The maximum Gasteiger partial charge on any atom is 0.446 e. The number of nitrogens with one attached hydrogen (secondary N) is 2. The second-order valence-electron chi connectivity index (χ2n) is 10.4. The van der Waals surface area contributed by atoms with E-state index in [1.165, 1.54) is 5.56 Å². The fourth-order valence-electron chi connectivity index (χ4n) is 5.21. The normalized spacial score (nSPS) is 17.8. The number of nitrogens with zero attached hydrogens (tertiary/aromatic N) is 1. The van der Waals surface area contributed by atoms with Crippen molar-refractivity contribution in [1.29, 1.82) is 0 Å². The van der Waals surface area contributed by atoms with Gasteiger partial charge in [-0.1, -0.05) is 54.6 Å². The first-order valence-electron chi connectivity index (χ1n) is 13.6. The largest absolute Gasteiger partial charge is 0.446 e. The van der Waals surface area contributed by atoms with E-state index in [-0.39, 0.29) is 17.9 Å². The highest BCUT2D eigenvalue weighted by Crippen LogP contribution is 2.31. The molecule has 0 saturated heterocycles. The van der Waals surface area contributed by atoms with Gasteiger partial charge in [0.05, 0.1) is 11.6 Å². The maximum atomic E-state index is 13.3. The number of alkyl halides is 3. The van der Waals surface area contributed by atoms with Crippen LogP contribution in [0.15, 0.2) is 72.8 Å². The minimum atomic E-state index is -4.64. The molecule has 1 aromatic heterocycles. The summed E-state index contributed by atoms with van der Waals surface area (Å²) in [5.41, 5.74) is 17.2. The van der Waals surface area contributed by atoms with Gasteiger partial charge >= 0.3 is 6.18 Å². The van der Waals surface area contributed by atoms with Crippen LogP contribution in [-0.4, -0.2) is 35.1 Å². The summed E-state index contributed by atoms with van der Waals surface area (Å²) in [7, 11) is 0. The van der Waals surface area contributed by atoms with Gasteiger partial charge in [0.1, 0.15) is 0 Å². The van der Waals surface area contributed by atoms with E-state index in [0.29, 0.717) is 18.3 Å². The highest BCUT2D eigenvalue weighted by Gasteiger charge is 2.28. The van der Waals surface area contributed by atoms with Gasteiger partial charge in [0.2, 0.25) is 12.2 Å². The van der Waals surface area contributed by atoms with Crippen LogP contribution in [0.25, 0.3) is 22.0 Å². The molecule has 7 nitrogen and oxygen atoms in total. The number of anilines is 1. The number of carbonyl (C=O) groups is 2. The fourth-order valence-corrected chi connectivity index (χ4v) is 5.21. The minimum Gasteiger partial charge on any atom is -0.382 e. The number of aldehydes is 1. The summed E-state index contributed by atoms with van der Waals surface area (Å²) in [6.07, 6.45) is -1.06. The fraction of sp³-hybridized carbons (Fsp3) is 0.323. The lowest BCUT2D eigenvalue weighted by atomic mass is 9.81. The van der Waals surface area contributed by atoms with Gasteiger partial charge in [-0.2, -0.15) is 18.3 Å². The Kier molecular flexibility index (Phi) is 9.78. The van der Waals surface area contributed by atoms with E-state index < -0.39 is 12.5 Å². The zero-order chi connectivity index (χ0) is 29.4. The van der Waals surface area contributed by atoms with Crippen molar-refractivity contribution in [3.8, 4) is 11.1 Å². The molecule has 1 aliphatic carbocycles. The number of aromatic amines is 1.